The Morgan fingerprint density at radius 3 is 2.70 bits per heavy atom. The van der Waals surface area contributed by atoms with E-state index in [-0.39, 0.29) is 16.4 Å². The molecule has 0 bridgehead atoms. The van der Waals surface area contributed by atoms with Crippen molar-refractivity contribution in [2.24, 2.45) is 0 Å². The van der Waals surface area contributed by atoms with Gasteiger partial charge >= 0.3 is 0 Å². The highest BCUT2D eigenvalue weighted by atomic mass is 79.9. The van der Waals surface area contributed by atoms with Crippen LogP contribution < -0.4 is 5.32 Å². The number of nitrogens with one attached hydrogen (secondary N) is 1. The largest absolute Gasteiger partial charge is 0.286 e. The summed E-state index contributed by atoms with van der Waals surface area (Å²) in [4.78, 5) is 22.7. The summed E-state index contributed by atoms with van der Waals surface area (Å²) in [5, 5.41) is 4.18. The zero-order valence-electron chi connectivity index (χ0n) is 10.6. The molecule has 2 aromatic carbocycles. The number of rotatable bonds is 3. The Morgan fingerprint density at radius 2 is 1.95 bits per heavy atom. The lowest BCUT2D eigenvalue weighted by atomic mass is 10.0. The second-order valence-electron chi connectivity index (χ2n) is 4.68. The molecule has 1 atom stereocenters. The molecule has 1 N–H and O–H groups in total. The summed E-state index contributed by atoms with van der Waals surface area (Å²) in [5.74, 6) is -0.170. The first-order chi connectivity index (χ1) is 9.65. The van der Waals surface area contributed by atoms with E-state index in [1.54, 1.807) is 0 Å². The van der Waals surface area contributed by atoms with Crippen LogP contribution in [0, 0.1) is 0 Å². The maximum atomic E-state index is 11.5. The van der Waals surface area contributed by atoms with E-state index in [2.05, 4.69) is 45.5 Å². The molecule has 20 heavy (non-hydrogen) atoms. The second-order valence-corrected chi connectivity index (χ2v) is 6.65. The molecule has 0 aliphatic carbocycles. The molecule has 1 aliphatic rings. The minimum atomic E-state index is -0.263. The average Bonchev–Trinajstić information content (AvgIpc) is 2.77. The van der Waals surface area contributed by atoms with Gasteiger partial charge < -0.3 is 0 Å². The summed E-state index contributed by atoms with van der Waals surface area (Å²) in [6.07, 6.45) is 1.43. The van der Waals surface area contributed by atoms with E-state index < -0.39 is 0 Å². The van der Waals surface area contributed by atoms with Crippen LogP contribution >= 0.6 is 27.7 Å². The van der Waals surface area contributed by atoms with Crippen LogP contribution in [0.1, 0.15) is 12.0 Å². The minimum Gasteiger partial charge on any atom is -0.286 e. The number of halogens is 1. The number of thioether (sulfide) groups is 1. The van der Waals surface area contributed by atoms with E-state index in [9.17, 15) is 9.59 Å². The zero-order chi connectivity index (χ0) is 14.1. The standard InChI is InChI=1S/C15H12BrNO2S/c16-13-10(6-5-9-3-1-2-4-11(9)13)7-8-12-14(18)17-15(19)20-12/h1-6,12H,7-8H2,(H,17,18,19). The van der Waals surface area contributed by atoms with Crippen molar-refractivity contribution in [3.8, 4) is 0 Å². The monoisotopic (exact) mass is 349 g/mol. The van der Waals surface area contributed by atoms with Gasteiger partial charge in [0.1, 0.15) is 0 Å². The number of hydrogen-bond acceptors (Lipinski definition) is 3. The molecule has 1 fully saturated rings. The van der Waals surface area contributed by atoms with Gasteiger partial charge in [-0.3, -0.25) is 14.9 Å². The molecule has 0 spiro atoms. The first kappa shape index (κ1) is 13.6. The fourth-order valence-corrected chi connectivity index (χ4v) is 3.85. The fraction of sp³-hybridized carbons (Fsp3) is 0.200. The van der Waals surface area contributed by atoms with Crippen LogP contribution in [0.5, 0.6) is 0 Å². The predicted octanol–water partition coefficient (Wildman–Crippen LogP) is 3.89. The van der Waals surface area contributed by atoms with Crippen molar-refractivity contribution >= 4 is 49.6 Å². The van der Waals surface area contributed by atoms with Gasteiger partial charge in [-0.05, 0) is 45.1 Å². The number of amides is 2. The fourth-order valence-electron chi connectivity index (χ4n) is 2.34. The number of fused-ring (bicyclic) bond motifs is 1. The first-order valence-electron chi connectivity index (χ1n) is 6.33. The Hall–Kier alpha value is -1.33. The van der Waals surface area contributed by atoms with Crippen LogP contribution in [0.4, 0.5) is 4.79 Å². The van der Waals surface area contributed by atoms with Gasteiger partial charge in [-0.2, -0.15) is 0 Å². The molecule has 0 saturated carbocycles. The van der Waals surface area contributed by atoms with Crippen molar-refractivity contribution in [3.05, 3.63) is 46.4 Å². The Labute approximate surface area is 129 Å². The summed E-state index contributed by atoms with van der Waals surface area (Å²) in [6.45, 7) is 0. The van der Waals surface area contributed by atoms with Crippen molar-refractivity contribution in [3.63, 3.8) is 0 Å². The molecule has 102 valence electrons. The zero-order valence-corrected chi connectivity index (χ0v) is 13.0. The third kappa shape index (κ3) is 2.60. The molecule has 1 aliphatic heterocycles. The summed E-state index contributed by atoms with van der Waals surface area (Å²) in [6, 6.07) is 12.3. The third-order valence-corrected chi connectivity index (χ3v) is 5.37. The third-order valence-electron chi connectivity index (χ3n) is 3.39. The van der Waals surface area contributed by atoms with E-state index in [0.717, 1.165) is 28.2 Å². The summed E-state index contributed by atoms with van der Waals surface area (Å²) in [5.41, 5.74) is 1.16. The molecular weight excluding hydrogens is 338 g/mol. The molecular formula is C15H12BrNO2S. The van der Waals surface area contributed by atoms with Crippen molar-refractivity contribution < 1.29 is 9.59 Å². The highest BCUT2D eigenvalue weighted by molar-refractivity contribution is 9.10. The number of hydrogen-bond donors (Lipinski definition) is 1. The molecule has 1 unspecified atom stereocenters. The van der Waals surface area contributed by atoms with Gasteiger partial charge in [-0.25, -0.2) is 0 Å². The number of carbonyl (C=O) groups excluding carboxylic acids is 2. The average molecular weight is 350 g/mol. The van der Waals surface area contributed by atoms with Crippen LogP contribution in [0.15, 0.2) is 40.9 Å². The van der Waals surface area contributed by atoms with E-state index >= 15 is 0 Å². The van der Waals surface area contributed by atoms with Gasteiger partial charge in [0.2, 0.25) is 5.91 Å². The van der Waals surface area contributed by atoms with Gasteiger partial charge in [0.15, 0.2) is 0 Å². The van der Waals surface area contributed by atoms with Gasteiger partial charge in [-0.15, -0.1) is 0 Å². The van der Waals surface area contributed by atoms with E-state index in [1.165, 1.54) is 10.8 Å². The van der Waals surface area contributed by atoms with Crippen LogP contribution in [0.2, 0.25) is 0 Å². The van der Waals surface area contributed by atoms with E-state index in [0.29, 0.717) is 6.42 Å². The molecule has 0 radical (unpaired) electrons. The molecule has 2 aromatic rings. The smallest absolute Gasteiger partial charge is 0.286 e. The number of benzene rings is 2. The summed E-state index contributed by atoms with van der Waals surface area (Å²) in [7, 11) is 0. The lowest BCUT2D eigenvalue weighted by Gasteiger charge is -2.09. The highest BCUT2D eigenvalue weighted by Crippen LogP contribution is 2.30. The molecule has 0 aromatic heterocycles. The van der Waals surface area contributed by atoms with Gasteiger partial charge in [0, 0.05) is 4.47 Å². The minimum absolute atomic E-state index is 0.170. The van der Waals surface area contributed by atoms with Crippen molar-refractivity contribution in [2.45, 2.75) is 18.1 Å². The molecule has 3 nitrogen and oxygen atoms in total. The van der Waals surface area contributed by atoms with Crippen LogP contribution in [-0.4, -0.2) is 16.4 Å². The Kier molecular flexibility index (Phi) is 3.81. The number of aryl methyl sites for hydroxylation is 1. The highest BCUT2D eigenvalue weighted by Gasteiger charge is 2.31. The van der Waals surface area contributed by atoms with Gasteiger partial charge in [0.25, 0.3) is 5.24 Å². The van der Waals surface area contributed by atoms with Crippen LogP contribution in [-0.2, 0) is 11.2 Å². The summed E-state index contributed by atoms with van der Waals surface area (Å²) < 4.78 is 1.07. The maximum absolute atomic E-state index is 11.5. The molecule has 5 heteroatoms. The SMILES string of the molecule is O=C1NC(=O)C(CCc2ccc3ccccc3c2Br)S1. The molecule has 3 rings (SSSR count). The van der Waals surface area contributed by atoms with Crippen molar-refractivity contribution in [1.82, 2.24) is 5.32 Å². The maximum Gasteiger partial charge on any atom is 0.286 e. The van der Waals surface area contributed by atoms with Crippen LogP contribution in [0.3, 0.4) is 0 Å². The Balaban J connectivity index is 1.79. The van der Waals surface area contributed by atoms with Crippen LogP contribution in [0.25, 0.3) is 10.8 Å². The normalized spacial score (nSPS) is 18.6. The lowest BCUT2D eigenvalue weighted by molar-refractivity contribution is -0.119. The molecule has 1 heterocycles. The van der Waals surface area contributed by atoms with E-state index in [1.807, 2.05) is 12.1 Å². The first-order valence-corrected chi connectivity index (χ1v) is 8.00. The predicted molar refractivity (Wildman–Crippen MR) is 84.9 cm³/mol. The topological polar surface area (TPSA) is 46.2 Å². The van der Waals surface area contributed by atoms with Gasteiger partial charge in [0.05, 0.1) is 5.25 Å². The number of imide groups is 1. The Bertz CT molecular complexity index is 701. The van der Waals surface area contributed by atoms with Crippen molar-refractivity contribution in [1.29, 1.82) is 0 Å². The molecule has 2 amide bonds. The van der Waals surface area contributed by atoms with Gasteiger partial charge in [-0.1, -0.05) is 48.2 Å². The Morgan fingerprint density at radius 1 is 1.15 bits per heavy atom. The second kappa shape index (κ2) is 5.58. The molecule has 1 saturated heterocycles. The summed E-state index contributed by atoms with van der Waals surface area (Å²) >= 11 is 4.73. The van der Waals surface area contributed by atoms with E-state index in [4.69, 9.17) is 0 Å². The lowest BCUT2D eigenvalue weighted by Crippen LogP contribution is -2.24. The van der Waals surface area contributed by atoms with Crippen molar-refractivity contribution in [2.75, 3.05) is 0 Å². The number of carbonyl (C=O) groups is 2. The quantitative estimate of drug-likeness (QED) is 0.914.